The lowest BCUT2D eigenvalue weighted by molar-refractivity contribution is 0.482. The Hall–Kier alpha value is -2.05. The zero-order valence-corrected chi connectivity index (χ0v) is 12.7. The van der Waals surface area contributed by atoms with Gasteiger partial charge in [-0.3, -0.25) is 0 Å². The molecule has 0 unspecified atom stereocenters. The number of benzene rings is 2. The van der Waals surface area contributed by atoms with Crippen molar-refractivity contribution in [1.29, 1.82) is 0 Å². The highest BCUT2D eigenvalue weighted by atomic mass is 32.2. The van der Waals surface area contributed by atoms with Crippen LogP contribution in [0.5, 0.6) is 11.5 Å². The molecule has 0 aliphatic carbocycles. The van der Waals surface area contributed by atoms with Crippen molar-refractivity contribution in [2.45, 2.75) is 24.8 Å². The second-order valence-electron chi connectivity index (χ2n) is 4.92. The molecule has 2 rings (SSSR count). The lowest BCUT2D eigenvalue weighted by atomic mass is 10.3. The van der Waals surface area contributed by atoms with Crippen LogP contribution in [0.2, 0.25) is 0 Å². The van der Waals surface area contributed by atoms with Crippen LogP contribution in [0.25, 0.3) is 0 Å². The van der Waals surface area contributed by atoms with E-state index in [0.717, 1.165) is 0 Å². The normalized spacial score (nSPS) is 11.6. The molecule has 0 aromatic heterocycles. The number of nitrogens with two attached hydrogens (primary N) is 1. The Morgan fingerprint density at radius 3 is 2.29 bits per heavy atom. The minimum absolute atomic E-state index is 0.154. The zero-order chi connectivity index (χ0) is 15.5. The highest BCUT2D eigenvalue weighted by molar-refractivity contribution is 7.89. The van der Waals surface area contributed by atoms with Gasteiger partial charge in [-0.25, -0.2) is 13.1 Å². The number of nitrogen functional groups attached to an aromatic ring is 1. The molecule has 112 valence electrons. The van der Waals surface area contributed by atoms with Gasteiger partial charge in [0.05, 0.1) is 4.90 Å². The average Bonchev–Trinajstić information content (AvgIpc) is 2.38. The van der Waals surface area contributed by atoms with Gasteiger partial charge in [-0.15, -0.1) is 0 Å². The van der Waals surface area contributed by atoms with Crippen LogP contribution in [-0.4, -0.2) is 14.5 Å². The Kier molecular flexibility index (Phi) is 4.50. The number of rotatable bonds is 5. The van der Waals surface area contributed by atoms with E-state index < -0.39 is 10.0 Å². The third-order valence-electron chi connectivity index (χ3n) is 2.62. The molecule has 21 heavy (non-hydrogen) atoms. The van der Waals surface area contributed by atoms with Crippen LogP contribution in [0.4, 0.5) is 5.69 Å². The standard InChI is InChI=1S/C15H18N2O3S/c1-11(2)17-21(18,19)15-8-6-13(7-9-15)20-14-5-3-4-12(16)10-14/h3-11,17H,16H2,1-2H3. The first-order valence-electron chi connectivity index (χ1n) is 6.52. The zero-order valence-electron chi connectivity index (χ0n) is 11.9. The number of hydrogen-bond acceptors (Lipinski definition) is 4. The first-order valence-corrected chi connectivity index (χ1v) is 8.01. The molecule has 0 bridgehead atoms. The van der Waals surface area contributed by atoms with E-state index in [1.165, 1.54) is 12.1 Å². The van der Waals surface area contributed by atoms with Crippen molar-refractivity contribution < 1.29 is 13.2 Å². The van der Waals surface area contributed by atoms with Crippen LogP contribution in [0.3, 0.4) is 0 Å². The smallest absolute Gasteiger partial charge is 0.240 e. The number of anilines is 1. The molecule has 2 aromatic carbocycles. The monoisotopic (exact) mass is 306 g/mol. The van der Waals surface area contributed by atoms with Crippen molar-refractivity contribution >= 4 is 15.7 Å². The van der Waals surface area contributed by atoms with Crippen molar-refractivity contribution in [1.82, 2.24) is 4.72 Å². The molecule has 6 heteroatoms. The molecule has 2 aromatic rings. The fraction of sp³-hybridized carbons (Fsp3) is 0.200. The summed E-state index contributed by atoms with van der Waals surface area (Å²) in [5.41, 5.74) is 6.28. The van der Waals surface area contributed by atoms with Crippen molar-refractivity contribution in [3.63, 3.8) is 0 Å². The molecule has 0 heterocycles. The maximum Gasteiger partial charge on any atom is 0.240 e. The SMILES string of the molecule is CC(C)NS(=O)(=O)c1ccc(Oc2cccc(N)c2)cc1. The molecule has 0 amide bonds. The van der Waals surface area contributed by atoms with E-state index in [2.05, 4.69) is 4.72 Å². The summed E-state index contributed by atoms with van der Waals surface area (Å²) in [5, 5.41) is 0. The molecule has 5 nitrogen and oxygen atoms in total. The molecule has 0 fully saturated rings. The van der Waals surface area contributed by atoms with Gasteiger partial charge < -0.3 is 10.5 Å². The van der Waals surface area contributed by atoms with Crippen LogP contribution in [-0.2, 0) is 10.0 Å². The Bertz CT molecular complexity index is 710. The molecule has 0 aliphatic rings. The second-order valence-corrected chi connectivity index (χ2v) is 6.64. The van der Waals surface area contributed by atoms with Gasteiger partial charge in [0.25, 0.3) is 0 Å². The highest BCUT2D eigenvalue weighted by Crippen LogP contribution is 2.24. The fourth-order valence-electron chi connectivity index (χ4n) is 1.78. The second kappa shape index (κ2) is 6.15. The number of sulfonamides is 1. The van der Waals surface area contributed by atoms with Gasteiger partial charge >= 0.3 is 0 Å². The molecular formula is C15H18N2O3S. The summed E-state index contributed by atoms with van der Waals surface area (Å²) in [6.45, 7) is 3.55. The van der Waals surface area contributed by atoms with Gasteiger partial charge in [-0.2, -0.15) is 0 Å². The molecular weight excluding hydrogens is 288 g/mol. The Morgan fingerprint density at radius 2 is 1.71 bits per heavy atom. The van der Waals surface area contributed by atoms with Gasteiger partial charge in [0.2, 0.25) is 10.0 Å². The molecule has 0 saturated carbocycles. The quantitative estimate of drug-likeness (QED) is 0.832. The Morgan fingerprint density at radius 1 is 1.05 bits per heavy atom. The molecule has 0 aliphatic heterocycles. The minimum Gasteiger partial charge on any atom is -0.457 e. The van der Waals surface area contributed by atoms with Crippen LogP contribution in [0.1, 0.15) is 13.8 Å². The van der Waals surface area contributed by atoms with Crippen molar-refractivity contribution in [2.24, 2.45) is 0 Å². The summed E-state index contributed by atoms with van der Waals surface area (Å²) >= 11 is 0. The Labute approximate surface area is 124 Å². The van der Waals surface area contributed by atoms with Gasteiger partial charge in [0, 0.05) is 17.8 Å². The average molecular weight is 306 g/mol. The number of nitrogens with one attached hydrogen (secondary N) is 1. The van der Waals surface area contributed by atoms with Gasteiger partial charge in [-0.1, -0.05) is 6.07 Å². The van der Waals surface area contributed by atoms with E-state index in [9.17, 15) is 8.42 Å². The van der Waals surface area contributed by atoms with Crippen molar-refractivity contribution in [2.75, 3.05) is 5.73 Å². The van der Waals surface area contributed by atoms with Crippen LogP contribution >= 0.6 is 0 Å². The van der Waals surface area contributed by atoms with E-state index in [4.69, 9.17) is 10.5 Å². The topological polar surface area (TPSA) is 81.4 Å². The minimum atomic E-state index is -3.48. The summed E-state index contributed by atoms with van der Waals surface area (Å²) in [4.78, 5) is 0.205. The number of ether oxygens (including phenoxy) is 1. The van der Waals surface area contributed by atoms with E-state index in [0.29, 0.717) is 17.2 Å². The first kappa shape index (κ1) is 15.3. The van der Waals surface area contributed by atoms with E-state index in [1.54, 1.807) is 50.2 Å². The first-order chi connectivity index (χ1) is 9.87. The lowest BCUT2D eigenvalue weighted by Gasteiger charge is -2.10. The third-order valence-corrected chi connectivity index (χ3v) is 4.29. The predicted octanol–water partition coefficient (Wildman–Crippen LogP) is 2.75. The maximum absolute atomic E-state index is 12.0. The number of hydrogen-bond donors (Lipinski definition) is 2. The summed E-state index contributed by atoms with van der Waals surface area (Å²) in [6, 6.07) is 13.1. The van der Waals surface area contributed by atoms with Crippen molar-refractivity contribution in [3.05, 3.63) is 48.5 Å². The van der Waals surface area contributed by atoms with Crippen LogP contribution in [0.15, 0.2) is 53.4 Å². The maximum atomic E-state index is 12.0. The van der Waals surface area contributed by atoms with Gasteiger partial charge in [-0.05, 0) is 50.2 Å². The largest absolute Gasteiger partial charge is 0.457 e. The molecule has 0 atom stereocenters. The summed E-state index contributed by atoms with van der Waals surface area (Å²) in [5.74, 6) is 1.15. The summed E-state index contributed by atoms with van der Waals surface area (Å²) in [7, 11) is -3.48. The van der Waals surface area contributed by atoms with E-state index >= 15 is 0 Å². The predicted molar refractivity (Wildman–Crippen MR) is 82.8 cm³/mol. The summed E-state index contributed by atoms with van der Waals surface area (Å²) < 4.78 is 32.1. The van der Waals surface area contributed by atoms with Crippen LogP contribution in [0, 0.1) is 0 Å². The highest BCUT2D eigenvalue weighted by Gasteiger charge is 2.15. The van der Waals surface area contributed by atoms with E-state index in [-0.39, 0.29) is 10.9 Å². The fourth-order valence-corrected chi connectivity index (χ4v) is 3.03. The van der Waals surface area contributed by atoms with E-state index in [1.807, 2.05) is 0 Å². The van der Waals surface area contributed by atoms with Gasteiger partial charge in [0.15, 0.2) is 0 Å². The molecule has 3 N–H and O–H groups in total. The molecule has 0 saturated heterocycles. The third kappa shape index (κ3) is 4.21. The lowest BCUT2D eigenvalue weighted by Crippen LogP contribution is -2.30. The molecule has 0 spiro atoms. The Balaban J connectivity index is 2.16. The van der Waals surface area contributed by atoms with Crippen LogP contribution < -0.4 is 15.2 Å². The summed E-state index contributed by atoms with van der Waals surface area (Å²) in [6.07, 6.45) is 0. The van der Waals surface area contributed by atoms with Crippen molar-refractivity contribution in [3.8, 4) is 11.5 Å². The van der Waals surface area contributed by atoms with Gasteiger partial charge in [0.1, 0.15) is 11.5 Å². The molecule has 0 radical (unpaired) electrons.